The van der Waals surface area contributed by atoms with Gasteiger partial charge in [0, 0.05) is 30.1 Å². The summed E-state index contributed by atoms with van der Waals surface area (Å²) in [6, 6.07) is 16.6. The number of carboxylic acid groups (broad SMARTS) is 1. The molecule has 2 aromatic carbocycles. The first-order valence-corrected chi connectivity index (χ1v) is 8.24. The van der Waals surface area contributed by atoms with Crippen molar-refractivity contribution in [3.8, 4) is 0 Å². The zero-order valence-electron chi connectivity index (χ0n) is 13.3. The third kappa shape index (κ3) is 5.70. The van der Waals surface area contributed by atoms with Gasteiger partial charge in [0.1, 0.15) is 0 Å². The van der Waals surface area contributed by atoms with Gasteiger partial charge in [0.2, 0.25) is 0 Å². The molecule has 0 unspecified atom stereocenters. The van der Waals surface area contributed by atoms with Crippen LogP contribution in [0, 0.1) is 0 Å². The van der Waals surface area contributed by atoms with E-state index < -0.39 is 5.97 Å². The van der Waals surface area contributed by atoms with Crippen LogP contribution in [0.1, 0.15) is 35.2 Å². The van der Waals surface area contributed by atoms with E-state index in [1.807, 2.05) is 30.3 Å². The molecule has 5 heteroatoms. The first-order valence-electron chi connectivity index (χ1n) is 7.87. The minimum absolute atomic E-state index is 0.0779. The fraction of sp³-hybridized carbons (Fsp3) is 0.263. The zero-order chi connectivity index (χ0) is 17.4. The Morgan fingerprint density at radius 2 is 1.62 bits per heavy atom. The van der Waals surface area contributed by atoms with E-state index in [-0.39, 0.29) is 12.3 Å². The van der Waals surface area contributed by atoms with Gasteiger partial charge in [-0.3, -0.25) is 9.59 Å². The fourth-order valence-corrected chi connectivity index (χ4v) is 2.54. The molecule has 0 radical (unpaired) electrons. The summed E-state index contributed by atoms with van der Waals surface area (Å²) in [6.07, 6.45) is 1.32. The predicted molar refractivity (Wildman–Crippen MR) is 94.1 cm³/mol. The van der Waals surface area contributed by atoms with Crippen LogP contribution in [0.3, 0.4) is 0 Å². The molecule has 4 nitrogen and oxygen atoms in total. The molecule has 0 heterocycles. The average Bonchev–Trinajstić information content (AvgIpc) is 2.58. The summed E-state index contributed by atoms with van der Waals surface area (Å²) in [5.74, 6) is -0.889. The van der Waals surface area contributed by atoms with Gasteiger partial charge in [0.25, 0.3) is 5.91 Å². The third-order valence-electron chi connectivity index (χ3n) is 3.66. The van der Waals surface area contributed by atoms with E-state index in [2.05, 4.69) is 0 Å². The Labute approximate surface area is 146 Å². The van der Waals surface area contributed by atoms with Crippen molar-refractivity contribution in [1.29, 1.82) is 0 Å². The van der Waals surface area contributed by atoms with Crippen LogP contribution in [-0.4, -0.2) is 28.4 Å². The topological polar surface area (TPSA) is 57.6 Å². The minimum Gasteiger partial charge on any atom is -0.481 e. The zero-order valence-corrected chi connectivity index (χ0v) is 14.1. The summed E-state index contributed by atoms with van der Waals surface area (Å²) in [7, 11) is 0. The predicted octanol–water partition coefficient (Wildman–Crippen LogP) is 4.24. The lowest BCUT2D eigenvalue weighted by Crippen LogP contribution is -2.31. The van der Waals surface area contributed by atoms with E-state index in [9.17, 15) is 9.59 Å². The van der Waals surface area contributed by atoms with Crippen LogP contribution in [0.4, 0.5) is 0 Å². The number of nitrogens with zero attached hydrogens (tertiary/aromatic N) is 1. The Bertz CT molecular complexity index is 671. The van der Waals surface area contributed by atoms with Gasteiger partial charge in [0.05, 0.1) is 0 Å². The first kappa shape index (κ1) is 18.0. The lowest BCUT2D eigenvalue weighted by atomic mass is 10.1. The molecule has 0 saturated heterocycles. The number of unbranched alkanes of at least 4 members (excludes halogenated alkanes) is 1. The molecule has 0 bridgehead atoms. The van der Waals surface area contributed by atoms with Gasteiger partial charge in [-0.25, -0.2) is 0 Å². The second kappa shape index (κ2) is 9.08. The largest absolute Gasteiger partial charge is 0.481 e. The summed E-state index contributed by atoms with van der Waals surface area (Å²) in [4.78, 5) is 25.1. The van der Waals surface area contributed by atoms with Gasteiger partial charge < -0.3 is 10.0 Å². The SMILES string of the molecule is O=C(O)CCCCN(Cc1ccccc1)C(=O)c1ccc(Cl)cc1. The molecule has 0 saturated carbocycles. The number of hydrogen-bond donors (Lipinski definition) is 1. The number of benzene rings is 2. The van der Waals surface area contributed by atoms with Crippen LogP contribution < -0.4 is 0 Å². The summed E-state index contributed by atoms with van der Waals surface area (Å²) < 4.78 is 0. The molecule has 0 fully saturated rings. The Hall–Kier alpha value is -2.33. The van der Waals surface area contributed by atoms with Crippen LogP contribution in [0.25, 0.3) is 0 Å². The van der Waals surface area contributed by atoms with E-state index in [4.69, 9.17) is 16.7 Å². The molecule has 0 atom stereocenters. The maximum Gasteiger partial charge on any atom is 0.303 e. The van der Waals surface area contributed by atoms with Crippen molar-refractivity contribution in [3.05, 3.63) is 70.7 Å². The summed E-state index contributed by atoms with van der Waals surface area (Å²) in [5, 5.41) is 9.32. The maximum atomic E-state index is 12.8. The van der Waals surface area contributed by atoms with Crippen LogP contribution in [0.5, 0.6) is 0 Å². The monoisotopic (exact) mass is 345 g/mol. The van der Waals surface area contributed by atoms with Crippen molar-refractivity contribution in [2.45, 2.75) is 25.8 Å². The normalized spacial score (nSPS) is 10.4. The molecule has 0 aliphatic heterocycles. The Morgan fingerprint density at radius 1 is 0.958 bits per heavy atom. The number of carboxylic acids is 1. The van der Waals surface area contributed by atoms with Crippen LogP contribution in [0.2, 0.25) is 5.02 Å². The molecule has 0 aliphatic carbocycles. The van der Waals surface area contributed by atoms with Crippen LogP contribution in [-0.2, 0) is 11.3 Å². The van der Waals surface area contributed by atoms with Gasteiger partial charge in [-0.1, -0.05) is 41.9 Å². The first-order chi connectivity index (χ1) is 11.6. The van der Waals surface area contributed by atoms with Crippen molar-refractivity contribution < 1.29 is 14.7 Å². The third-order valence-corrected chi connectivity index (χ3v) is 3.92. The van der Waals surface area contributed by atoms with Crippen molar-refractivity contribution in [3.63, 3.8) is 0 Å². The molecule has 24 heavy (non-hydrogen) atoms. The number of carbonyl (C=O) groups is 2. The number of amides is 1. The highest BCUT2D eigenvalue weighted by Crippen LogP contribution is 2.15. The Kier molecular flexibility index (Phi) is 6.82. The number of carbonyl (C=O) groups excluding carboxylic acids is 1. The van der Waals surface area contributed by atoms with E-state index in [0.29, 0.717) is 36.5 Å². The standard InChI is InChI=1S/C19H20ClNO3/c20-17-11-9-16(10-12-17)19(24)21(13-5-4-8-18(22)23)14-15-6-2-1-3-7-15/h1-3,6-7,9-12H,4-5,8,13-14H2,(H,22,23). The van der Waals surface area contributed by atoms with Gasteiger partial charge in [0.15, 0.2) is 0 Å². The Balaban J connectivity index is 2.07. The molecule has 2 aromatic rings. The van der Waals surface area contributed by atoms with Gasteiger partial charge in [-0.15, -0.1) is 0 Å². The van der Waals surface area contributed by atoms with Crippen LogP contribution in [0.15, 0.2) is 54.6 Å². The van der Waals surface area contributed by atoms with E-state index in [1.54, 1.807) is 29.2 Å². The van der Waals surface area contributed by atoms with E-state index in [1.165, 1.54) is 0 Å². The Morgan fingerprint density at radius 3 is 2.25 bits per heavy atom. The van der Waals surface area contributed by atoms with Gasteiger partial charge in [-0.2, -0.15) is 0 Å². The van der Waals surface area contributed by atoms with E-state index in [0.717, 1.165) is 5.56 Å². The van der Waals surface area contributed by atoms with Gasteiger partial charge in [-0.05, 0) is 42.7 Å². The lowest BCUT2D eigenvalue weighted by molar-refractivity contribution is -0.137. The van der Waals surface area contributed by atoms with Crippen LogP contribution >= 0.6 is 11.6 Å². The summed E-state index contributed by atoms with van der Waals surface area (Å²) in [5.41, 5.74) is 1.62. The van der Waals surface area contributed by atoms with E-state index >= 15 is 0 Å². The average molecular weight is 346 g/mol. The van der Waals surface area contributed by atoms with Gasteiger partial charge >= 0.3 is 5.97 Å². The highest BCUT2D eigenvalue weighted by Gasteiger charge is 2.16. The summed E-state index contributed by atoms with van der Waals surface area (Å²) >= 11 is 5.88. The molecule has 0 spiro atoms. The molecule has 1 N–H and O–H groups in total. The quantitative estimate of drug-likeness (QED) is 0.728. The number of rotatable bonds is 8. The minimum atomic E-state index is -0.811. The molecule has 0 aromatic heterocycles. The second-order valence-electron chi connectivity index (χ2n) is 5.57. The molecule has 1 amide bonds. The second-order valence-corrected chi connectivity index (χ2v) is 6.01. The smallest absolute Gasteiger partial charge is 0.303 e. The molecular formula is C19H20ClNO3. The summed E-state index contributed by atoms with van der Waals surface area (Å²) in [6.45, 7) is 1.01. The number of aliphatic carboxylic acids is 1. The molecule has 126 valence electrons. The molecular weight excluding hydrogens is 326 g/mol. The van der Waals surface area contributed by atoms with Crippen molar-refractivity contribution in [2.24, 2.45) is 0 Å². The fourth-order valence-electron chi connectivity index (χ4n) is 2.41. The van der Waals surface area contributed by atoms with Crippen molar-refractivity contribution in [1.82, 2.24) is 4.90 Å². The number of halogens is 1. The highest BCUT2D eigenvalue weighted by atomic mass is 35.5. The van der Waals surface area contributed by atoms with Crippen molar-refractivity contribution in [2.75, 3.05) is 6.54 Å². The maximum absolute atomic E-state index is 12.8. The lowest BCUT2D eigenvalue weighted by Gasteiger charge is -2.23. The highest BCUT2D eigenvalue weighted by molar-refractivity contribution is 6.30. The molecule has 0 aliphatic rings. The number of hydrogen-bond acceptors (Lipinski definition) is 2. The van der Waals surface area contributed by atoms with Crippen molar-refractivity contribution >= 4 is 23.5 Å². The molecule has 2 rings (SSSR count).